The fourth-order valence-corrected chi connectivity index (χ4v) is 2.06. The van der Waals surface area contributed by atoms with E-state index in [-0.39, 0.29) is 0 Å². The average molecular weight is 224 g/mol. The molecule has 1 aromatic heterocycles. The number of nitrogens with zero attached hydrogens (tertiary/aromatic N) is 2. The van der Waals surface area contributed by atoms with Crippen molar-refractivity contribution in [1.82, 2.24) is 20.8 Å². The van der Waals surface area contributed by atoms with Crippen LogP contribution in [0.3, 0.4) is 0 Å². The van der Waals surface area contributed by atoms with E-state index in [9.17, 15) is 0 Å². The van der Waals surface area contributed by atoms with Crippen LogP contribution in [0, 0.1) is 5.92 Å². The van der Waals surface area contributed by atoms with Crippen LogP contribution in [0.1, 0.15) is 24.6 Å². The van der Waals surface area contributed by atoms with Gasteiger partial charge in [-0.3, -0.25) is 0 Å². The number of nitrogens with one attached hydrogen (secondary N) is 2. The molecule has 0 saturated carbocycles. The molecule has 1 fully saturated rings. The van der Waals surface area contributed by atoms with E-state index in [2.05, 4.69) is 20.8 Å². The molecular formula is C11H20N4O. The largest absolute Gasteiger partial charge is 0.339 e. The highest BCUT2D eigenvalue weighted by Crippen LogP contribution is 2.14. The number of piperidine rings is 1. The summed E-state index contributed by atoms with van der Waals surface area (Å²) in [5.74, 6) is 2.27. The fourth-order valence-electron chi connectivity index (χ4n) is 2.06. The third kappa shape index (κ3) is 3.28. The standard InChI is InChI=1S/C11H20N4O/c1-12-6-4-11-14-10(15-16-11)7-9-3-2-5-13-8-9/h9,12-13H,2-8H2,1H3. The van der Waals surface area contributed by atoms with Crippen molar-refractivity contribution in [2.45, 2.75) is 25.7 Å². The molecule has 2 rings (SSSR count). The third-order valence-corrected chi connectivity index (χ3v) is 2.97. The van der Waals surface area contributed by atoms with E-state index in [0.717, 1.165) is 44.2 Å². The summed E-state index contributed by atoms with van der Waals surface area (Å²) in [5.41, 5.74) is 0. The van der Waals surface area contributed by atoms with Gasteiger partial charge in [0.15, 0.2) is 5.82 Å². The smallest absolute Gasteiger partial charge is 0.227 e. The van der Waals surface area contributed by atoms with Crippen LogP contribution in [0.4, 0.5) is 0 Å². The lowest BCUT2D eigenvalue weighted by Gasteiger charge is -2.20. The van der Waals surface area contributed by atoms with Gasteiger partial charge in [-0.2, -0.15) is 4.98 Å². The van der Waals surface area contributed by atoms with Crippen molar-refractivity contribution < 1.29 is 4.52 Å². The Balaban J connectivity index is 1.81. The van der Waals surface area contributed by atoms with Crippen LogP contribution in [0.25, 0.3) is 0 Å². The predicted molar refractivity (Wildman–Crippen MR) is 61.2 cm³/mol. The molecule has 5 heteroatoms. The molecule has 0 amide bonds. The normalized spacial score (nSPS) is 21.2. The molecule has 1 unspecified atom stereocenters. The van der Waals surface area contributed by atoms with Crippen molar-refractivity contribution in [3.63, 3.8) is 0 Å². The molecule has 1 aliphatic rings. The van der Waals surface area contributed by atoms with Gasteiger partial charge in [0.1, 0.15) is 0 Å². The molecule has 16 heavy (non-hydrogen) atoms. The summed E-state index contributed by atoms with van der Waals surface area (Å²) in [7, 11) is 1.92. The van der Waals surface area contributed by atoms with Crippen LogP contribution in [-0.4, -0.2) is 36.8 Å². The average Bonchev–Trinajstić information content (AvgIpc) is 2.75. The van der Waals surface area contributed by atoms with Crippen LogP contribution in [0.5, 0.6) is 0 Å². The second kappa shape index (κ2) is 5.96. The summed E-state index contributed by atoms with van der Waals surface area (Å²) < 4.78 is 5.19. The highest BCUT2D eigenvalue weighted by Gasteiger charge is 2.16. The molecule has 1 aliphatic heterocycles. The fraction of sp³-hybridized carbons (Fsp3) is 0.818. The van der Waals surface area contributed by atoms with Crippen molar-refractivity contribution in [3.8, 4) is 0 Å². The lowest BCUT2D eigenvalue weighted by atomic mass is 9.96. The third-order valence-electron chi connectivity index (χ3n) is 2.97. The Hall–Kier alpha value is -0.940. The van der Waals surface area contributed by atoms with Crippen molar-refractivity contribution in [3.05, 3.63) is 11.7 Å². The highest BCUT2D eigenvalue weighted by atomic mass is 16.5. The Morgan fingerprint density at radius 3 is 3.25 bits per heavy atom. The topological polar surface area (TPSA) is 63.0 Å². The Morgan fingerprint density at radius 1 is 1.56 bits per heavy atom. The molecule has 0 spiro atoms. The number of rotatable bonds is 5. The zero-order valence-electron chi connectivity index (χ0n) is 9.83. The SMILES string of the molecule is CNCCc1nc(CC2CCCNC2)no1. The first-order valence-electron chi connectivity index (χ1n) is 6.05. The summed E-state index contributed by atoms with van der Waals surface area (Å²) in [6.45, 7) is 3.11. The minimum absolute atomic E-state index is 0.670. The molecule has 1 atom stereocenters. The van der Waals surface area contributed by atoms with E-state index in [0.29, 0.717) is 5.92 Å². The summed E-state index contributed by atoms with van der Waals surface area (Å²) in [6, 6.07) is 0. The van der Waals surface area contributed by atoms with Crippen molar-refractivity contribution >= 4 is 0 Å². The molecule has 0 aliphatic carbocycles. The first kappa shape index (κ1) is 11.5. The van der Waals surface area contributed by atoms with Gasteiger partial charge in [-0.25, -0.2) is 0 Å². The number of hydrogen-bond donors (Lipinski definition) is 2. The second-order valence-corrected chi connectivity index (χ2v) is 4.37. The maximum absolute atomic E-state index is 5.19. The van der Waals surface area contributed by atoms with Crippen molar-refractivity contribution in [1.29, 1.82) is 0 Å². The van der Waals surface area contributed by atoms with Crippen LogP contribution in [0.15, 0.2) is 4.52 Å². The lowest BCUT2D eigenvalue weighted by Crippen LogP contribution is -2.31. The summed E-state index contributed by atoms with van der Waals surface area (Å²) in [6.07, 6.45) is 4.28. The molecular weight excluding hydrogens is 204 g/mol. The number of hydrogen-bond acceptors (Lipinski definition) is 5. The van der Waals surface area contributed by atoms with Gasteiger partial charge in [-0.05, 0) is 38.9 Å². The lowest BCUT2D eigenvalue weighted by molar-refractivity contribution is 0.349. The Morgan fingerprint density at radius 2 is 2.50 bits per heavy atom. The molecule has 1 aromatic rings. The van der Waals surface area contributed by atoms with E-state index in [1.165, 1.54) is 12.8 Å². The quantitative estimate of drug-likeness (QED) is 0.757. The zero-order valence-corrected chi connectivity index (χ0v) is 9.83. The molecule has 2 N–H and O–H groups in total. The van der Waals surface area contributed by atoms with E-state index in [1.807, 2.05) is 7.05 Å². The molecule has 1 saturated heterocycles. The van der Waals surface area contributed by atoms with E-state index < -0.39 is 0 Å². The first-order chi connectivity index (χ1) is 7.88. The monoisotopic (exact) mass is 224 g/mol. The minimum atomic E-state index is 0.670. The Kier molecular flexibility index (Phi) is 4.30. The van der Waals surface area contributed by atoms with Gasteiger partial charge in [0.2, 0.25) is 5.89 Å². The zero-order chi connectivity index (χ0) is 11.2. The van der Waals surface area contributed by atoms with E-state index >= 15 is 0 Å². The predicted octanol–water partition coefficient (Wildman–Crippen LogP) is 0.374. The van der Waals surface area contributed by atoms with E-state index in [4.69, 9.17) is 4.52 Å². The van der Waals surface area contributed by atoms with Gasteiger partial charge >= 0.3 is 0 Å². The maximum atomic E-state index is 5.19. The summed E-state index contributed by atoms with van der Waals surface area (Å²) in [4.78, 5) is 4.40. The molecule has 2 heterocycles. The van der Waals surface area contributed by atoms with Crippen LogP contribution < -0.4 is 10.6 Å². The van der Waals surface area contributed by atoms with Gasteiger partial charge in [-0.15, -0.1) is 0 Å². The van der Waals surface area contributed by atoms with Crippen LogP contribution >= 0.6 is 0 Å². The molecule has 0 bridgehead atoms. The van der Waals surface area contributed by atoms with Crippen LogP contribution in [-0.2, 0) is 12.8 Å². The summed E-state index contributed by atoms with van der Waals surface area (Å²) >= 11 is 0. The van der Waals surface area contributed by atoms with Gasteiger partial charge in [0.05, 0.1) is 0 Å². The van der Waals surface area contributed by atoms with Gasteiger partial charge in [0.25, 0.3) is 0 Å². The minimum Gasteiger partial charge on any atom is -0.339 e. The van der Waals surface area contributed by atoms with Gasteiger partial charge in [-0.1, -0.05) is 5.16 Å². The van der Waals surface area contributed by atoms with Gasteiger partial charge < -0.3 is 15.2 Å². The number of aromatic nitrogens is 2. The Bertz CT molecular complexity index is 307. The van der Waals surface area contributed by atoms with Crippen molar-refractivity contribution in [2.75, 3.05) is 26.7 Å². The molecule has 0 aromatic carbocycles. The van der Waals surface area contributed by atoms with E-state index in [1.54, 1.807) is 0 Å². The molecule has 5 nitrogen and oxygen atoms in total. The van der Waals surface area contributed by atoms with Gasteiger partial charge in [0, 0.05) is 19.4 Å². The maximum Gasteiger partial charge on any atom is 0.227 e. The number of likely N-dealkylation sites (N-methyl/N-ethyl adjacent to an activating group) is 1. The Labute approximate surface area is 96.0 Å². The molecule has 90 valence electrons. The van der Waals surface area contributed by atoms with Crippen molar-refractivity contribution in [2.24, 2.45) is 5.92 Å². The van der Waals surface area contributed by atoms with Crippen LogP contribution in [0.2, 0.25) is 0 Å². The highest BCUT2D eigenvalue weighted by molar-refractivity contribution is 4.90. The first-order valence-corrected chi connectivity index (χ1v) is 6.05. The second-order valence-electron chi connectivity index (χ2n) is 4.37. The summed E-state index contributed by atoms with van der Waals surface area (Å²) in [5, 5.41) is 10.5. The molecule has 0 radical (unpaired) electrons.